The summed E-state index contributed by atoms with van der Waals surface area (Å²) in [6.07, 6.45) is 1.22. The Morgan fingerprint density at radius 1 is 1.24 bits per heavy atom. The lowest BCUT2D eigenvalue weighted by Gasteiger charge is -2.07. The minimum absolute atomic E-state index is 0.107. The number of rotatable bonds is 5. The monoisotopic (exact) mass is 510 g/mol. The summed E-state index contributed by atoms with van der Waals surface area (Å²) in [4.78, 5) is 11.7. The fourth-order valence-electron chi connectivity index (χ4n) is 1.66. The molecule has 1 amide bonds. The summed E-state index contributed by atoms with van der Waals surface area (Å²) in [7, 11) is 0. The molecule has 0 heterocycles. The van der Waals surface area contributed by atoms with Crippen LogP contribution < -0.4 is 10.2 Å². The number of nitrogens with zero attached hydrogens (tertiary/aromatic N) is 1. The van der Waals surface area contributed by atoms with Crippen molar-refractivity contribution in [1.82, 2.24) is 5.43 Å². The molecule has 132 valence electrons. The predicted molar refractivity (Wildman–Crippen MR) is 103 cm³/mol. The van der Waals surface area contributed by atoms with Gasteiger partial charge < -0.3 is 14.9 Å². The Bertz CT molecular complexity index is 847. The molecule has 0 aliphatic carbocycles. The highest BCUT2D eigenvalue weighted by atomic mass is 79.9. The summed E-state index contributed by atoms with van der Waals surface area (Å²) in [5.41, 5.74) is 2.52. The fourth-order valence-corrected chi connectivity index (χ4v) is 3.27. The van der Waals surface area contributed by atoms with Gasteiger partial charge in [-0.2, -0.15) is 5.10 Å². The first kappa shape index (κ1) is 19.8. The Morgan fingerprint density at radius 3 is 2.64 bits per heavy atom. The highest BCUT2D eigenvalue weighted by molar-refractivity contribution is 9.11. The van der Waals surface area contributed by atoms with Gasteiger partial charge in [0.1, 0.15) is 21.7 Å². The summed E-state index contributed by atoms with van der Waals surface area (Å²) in [6, 6.07) is 6.07. The van der Waals surface area contributed by atoms with Crippen LogP contribution in [-0.4, -0.2) is 28.9 Å². The third kappa shape index (κ3) is 5.24. The number of hydrogen-bond donors (Lipinski definition) is 3. The van der Waals surface area contributed by atoms with Crippen LogP contribution in [-0.2, 0) is 4.79 Å². The predicted octanol–water partition coefficient (Wildman–Crippen LogP) is 4.46. The van der Waals surface area contributed by atoms with E-state index in [1.54, 1.807) is 12.1 Å². The zero-order valence-electron chi connectivity index (χ0n) is 12.3. The molecule has 2 rings (SSSR count). The van der Waals surface area contributed by atoms with E-state index < -0.39 is 5.91 Å². The molecule has 0 aliphatic rings. The molecule has 25 heavy (non-hydrogen) atoms. The third-order valence-electron chi connectivity index (χ3n) is 2.84. The van der Waals surface area contributed by atoms with Crippen molar-refractivity contribution in [3.63, 3.8) is 0 Å². The molecule has 0 atom stereocenters. The summed E-state index contributed by atoms with van der Waals surface area (Å²) in [5.74, 6) is -0.581. The Kier molecular flexibility index (Phi) is 6.95. The van der Waals surface area contributed by atoms with Crippen molar-refractivity contribution in [3.8, 4) is 17.2 Å². The van der Waals surface area contributed by atoms with Gasteiger partial charge in [-0.1, -0.05) is 23.2 Å². The van der Waals surface area contributed by atoms with Gasteiger partial charge in [-0.25, -0.2) is 5.43 Å². The lowest BCUT2D eigenvalue weighted by molar-refractivity contribution is -0.123. The number of hydrogen-bond acceptors (Lipinski definition) is 5. The smallest absolute Gasteiger partial charge is 0.277 e. The van der Waals surface area contributed by atoms with Crippen LogP contribution in [0.5, 0.6) is 17.2 Å². The van der Waals surface area contributed by atoms with Crippen LogP contribution in [0.4, 0.5) is 0 Å². The summed E-state index contributed by atoms with van der Waals surface area (Å²) >= 11 is 17.9. The molecule has 0 fully saturated rings. The van der Waals surface area contributed by atoms with Gasteiger partial charge in [0, 0.05) is 10.6 Å². The highest BCUT2D eigenvalue weighted by Gasteiger charge is 2.13. The average Bonchev–Trinajstić information content (AvgIpc) is 2.56. The van der Waals surface area contributed by atoms with E-state index in [0.29, 0.717) is 15.2 Å². The van der Waals surface area contributed by atoms with Gasteiger partial charge in [-0.05, 0) is 56.1 Å². The van der Waals surface area contributed by atoms with Crippen molar-refractivity contribution in [2.45, 2.75) is 0 Å². The molecular weight excluding hydrogens is 503 g/mol. The number of carbonyl (C=O) groups is 1. The molecule has 6 nitrogen and oxygen atoms in total. The van der Waals surface area contributed by atoms with E-state index in [-0.39, 0.29) is 33.2 Å². The lowest BCUT2D eigenvalue weighted by atomic mass is 10.2. The van der Waals surface area contributed by atoms with E-state index in [1.165, 1.54) is 18.3 Å². The Balaban J connectivity index is 1.95. The number of phenols is 2. The van der Waals surface area contributed by atoms with Gasteiger partial charge in [0.15, 0.2) is 6.61 Å². The summed E-state index contributed by atoms with van der Waals surface area (Å²) < 4.78 is 5.72. The second-order valence-corrected chi connectivity index (χ2v) is 7.11. The Hall–Kier alpha value is -1.48. The van der Waals surface area contributed by atoms with Crippen molar-refractivity contribution in [2.75, 3.05) is 6.61 Å². The maximum atomic E-state index is 11.7. The normalized spacial score (nSPS) is 10.9. The van der Waals surface area contributed by atoms with Crippen LogP contribution in [0, 0.1) is 0 Å². The maximum Gasteiger partial charge on any atom is 0.277 e. The molecular formula is C15H10Br2Cl2N2O4. The van der Waals surface area contributed by atoms with Crippen molar-refractivity contribution in [3.05, 3.63) is 48.8 Å². The number of halogens is 4. The summed E-state index contributed by atoms with van der Waals surface area (Å²) in [5, 5.41) is 24.0. The highest BCUT2D eigenvalue weighted by Crippen LogP contribution is 2.40. The van der Waals surface area contributed by atoms with Gasteiger partial charge >= 0.3 is 0 Å². The molecule has 0 radical (unpaired) electrons. The second-order valence-electron chi connectivity index (χ2n) is 4.62. The number of hydrazone groups is 1. The molecule has 0 bridgehead atoms. The quantitative estimate of drug-likeness (QED) is 0.407. The van der Waals surface area contributed by atoms with E-state index in [4.69, 9.17) is 27.9 Å². The van der Waals surface area contributed by atoms with E-state index in [1.807, 2.05) is 0 Å². The number of nitrogens with one attached hydrogen (secondary N) is 1. The summed E-state index contributed by atoms with van der Waals surface area (Å²) in [6.45, 7) is -0.312. The van der Waals surface area contributed by atoms with E-state index >= 15 is 0 Å². The standard InChI is InChI=1S/C15H10Br2Cl2N2O4/c16-9-3-7(14(23)13(17)15(9)24)5-20-21-12(22)6-25-11-2-1-8(18)4-10(11)19/h1-5,23-24H,6H2,(H,21,22). The number of amides is 1. The van der Waals surface area contributed by atoms with Gasteiger partial charge in [-0.15, -0.1) is 0 Å². The van der Waals surface area contributed by atoms with Crippen molar-refractivity contribution in [1.29, 1.82) is 0 Å². The van der Waals surface area contributed by atoms with Crippen LogP contribution >= 0.6 is 55.1 Å². The first-order valence-electron chi connectivity index (χ1n) is 6.59. The molecule has 10 heteroatoms. The fraction of sp³-hybridized carbons (Fsp3) is 0.0667. The molecule has 0 aliphatic heterocycles. The largest absolute Gasteiger partial charge is 0.506 e. The molecule has 2 aromatic rings. The molecule has 0 saturated carbocycles. The van der Waals surface area contributed by atoms with Crippen LogP contribution in [0.25, 0.3) is 0 Å². The van der Waals surface area contributed by atoms with Crippen LogP contribution in [0.3, 0.4) is 0 Å². The first-order valence-corrected chi connectivity index (χ1v) is 8.93. The molecule has 0 unspecified atom stereocenters. The SMILES string of the molecule is O=C(COc1ccc(Cl)cc1Cl)NN=Cc1cc(Br)c(O)c(Br)c1O. The van der Waals surface area contributed by atoms with Crippen molar-refractivity contribution < 1.29 is 19.7 Å². The molecule has 0 spiro atoms. The van der Waals surface area contributed by atoms with Gasteiger partial charge in [0.2, 0.25) is 0 Å². The van der Waals surface area contributed by atoms with Crippen molar-refractivity contribution >= 4 is 67.2 Å². The topological polar surface area (TPSA) is 91.2 Å². The first-order chi connectivity index (χ1) is 11.8. The van der Waals surface area contributed by atoms with E-state index in [2.05, 4.69) is 42.4 Å². The van der Waals surface area contributed by atoms with Crippen LogP contribution in [0.2, 0.25) is 10.0 Å². The number of ether oxygens (including phenoxy) is 1. The molecule has 0 saturated heterocycles. The zero-order chi connectivity index (χ0) is 18.6. The zero-order valence-corrected chi connectivity index (χ0v) is 16.9. The Labute approximate surface area is 169 Å². The Morgan fingerprint density at radius 2 is 1.96 bits per heavy atom. The minimum Gasteiger partial charge on any atom is -0.506 e. The maximum absolute atomic E-state index is 11.7. The van der Waals surface area contributed by atoms with Gasteiger partial charge in [0.05, 0.1) is 15.7 Å². The minimum atomic E-state index is -0.529. The molecule has 0 aromatic heterocycles. The number of carbonyl (C=O) groups excluding carboxylic acids is 1. The number of benzene rings is 2. The van der Waals surface area contributed by atoms with Crippen molar-refractivity contribution in [2.24, 2.45) is 5.10 Å². The number of aromatic hydroxyl groups is 2. The van der Waals surface area contributed by atoms with Crippen LogP contribution in [0.1, 0.15) is 5.56 Å². The van der Waals surface area contributed by atoms with E-state index in [0.717, 1.165) is 0 Å². The molecule has 2 aromatic carbocycles. The van der Waals surface area contributed by atoms with Gasteiger partial charge in [0.25, 0.3) is 5.91 Å². The third-order valence-corrected chi connectivity index (χ3v) is 4.73. The van der Waals surface area contributed by atoms with Gasteiger partial charge in [-0.3, -0.25) is 4.79 Å². The van der Waals surface area contributed by atoms with E-state index in [9.17, 15) is 15.0 Å². The number of phenolic OH excluding ortho intramolecular Hbond substituents is 2. The van der Waals surface area contributed by atoms with Crippen LogP contribution in [0.15, 0.2) is 38.3 Å². The second kappa shape index (κ2) is 8.75. The molecule has 3 N–H and O–H groups in total. The average molecular weight is 513 g/mol. The lowest BCUT2D eigenvalue weighted by Crippen LogP contribution is -2.24.